The fourth-order valence-electron chi connectivity index (χ4n) is 4.03. The number of carbonyl (C=O) groups is 2. The molecule has 2 aliphatic carbocycles. The summed E-state index contributed by atoms with van der Waals surface area (Å²) >= 11 is 7.36. The average molecular weight is 490 g/mol. The zero-order valence-electron chi connectivity index (χ0n) is 17.6. The average Bonchev–Trinajstić information content (AvgIpc) is 3.40. The largest absolute Gasteiger partial charge is 0.462 e. The Balaban J connectivity index is 1.66. The number of alkyl halides is 3. The third kappa shape index (κ3) is 4.26. The molecular weight excluding hydrogens is 467 g/mol. The lowest BCUT2D eigenvalue weighted by Gasteiger charge is -2.16. The second-order valence-corrected chi connectivity index (χ2v) is 9.55. The van der Waals surface area contributed by atoms with Crippen molar-refractivity contribution in [2.24, 2.45) is 0 Å². The van der Waals surface area contributed by atoms with Crippen molar-refractivity contribution in [3.63, 3.8) is 0 Å². The number of anilines is 1. The fraction of sp³-hybridized carbons (Fsp3) is 0.571. The lowest BCUT2D eigenvalue weighted by atomic mass is 9.95. The molecule has 4 rings (SSSR count). The molecule has 0 spiro atoms. The van der Waals surface area contributed by atoms with E-state index in [9.17, 15) is 22.8 Å². The number of aryl methyl sites for hydroxylation is 1. The number of nitrogens with zero attached hydrogens (tertiary/aromatic N) is 2. The van der Waals surface area contributed by atoms with Gasteiger partial charge in [-0.15, -0.1) is 11.3 Å². The van der Waals surface area contributed by atoms with Gasteiger partial charge in [-0.25, -0.2) is 4.79 Å². The van der Waals surface area contributed by atoms with Crippen LogP contribution >= 0.6 is 22.9 Å². The molecule has 0 aliphatic heterocycles. The Morgan fingerprint density at radius 3 is 2.62 bits per heavy atom. The standard InChI is InChI=1S/C21H23ClF3N3O3S/c1-3-31-20(30)14-12-6-4-5-7-13(12)32-19(14)26-18(29)10(2)28-16(11-8-9-11)15(22)17(27-28)21(23,24)25/h10-11H,3-9H2,1-2H3,(H,26,29). The molecule has 0 aromatic carbocycles. The molecule has 2 aromatic heterocycles. The van der Waals surface area contributed by atoms with Crippen LogP contribution in [0.5, 0.6) is 0 Å². The summed E-state index contributed by atoms with van der Waals surface area (Å²) in [6, 6.07) is -1.05. The van der Waals surface area contributed by atoms with Crippen molar-refractivity contribution < 1.29 is 27.5 Å². The molecule has 1 atom stereocenters. The summed E-state index contributed by atoms with van der Waals surface area (Å²) in [6.45, 7) is 3.38. The molecule has 174 valence electrons. The molecule has 6 nitrogen and oxygen atoms in total. The van der Waals surface area contributed by atoms with Crippen molar-refractivity contribution in [2.75, 3.05) is 11.9 Å². The van der Waals surface area contributed by atoms with Crippen LogP contribution in [-0.4, -0.2) is 28.3 Å². The van der Waals surface area contributed by atoms with E-state index in [1.807, 2.05) is 0 Å². The minimum absolute atomic E-state index is 0.148. The highest BCUT2D eigenvalue weighted by Gasteiger charge is 2.43. The lowest BCUT2D eigenvalue weighted by molar-refractivity contribution is -0.141. The number of carbonyl (C=O) groups excluding carboxylic acids is 2. The van der Waals surface area contributed by atoms with E-state index < -0.39 is 34.8 Å². The molecule has 2 heterocycles. The number of aromatic nitrogens is 2. The van der Waals surface area contributed by atoms with Gasteiger partial charge in [0.25, 0.3) is 0 Å². The molecule has 1 amide bonds. The Morgan fingerprint density at radius 2 is 2.00 bits per heavy atom. The Kier molecular flexibility index (Phi) is 6.28. The van der Waals surface area contributed by atoms with Gasteiger partial charge in [-0.2, -0.15) is 18.3 Å². The summed E-state index contributed by atoms with van der Waals surface area (Å²) in [5.74, 6) is -1.22. The Bertz CT molecular complexity index is 1060. The Morgan fingerprint density at radius 1 is 1.31 bits per heavy atom. The van der Waals surface area contributed by atoms with E-state index in [1.165, 1.54) is 18.3 Å². The van der Waals surface area contributed by atoms with Crippen molar-refractivity contribution >= 4 is 39.8 Å². The highest BCUT2D eigenvalue weighted by atomic mass is 35.5. The normalized spacial score (nSPS) is 17.1. The minimum Gasteiger partial charge on any atom is -0.462 e. The van der Waals surface area contributed by atoms with Gasteiger partial charge in [0, 0.05) is 10.8 Å². The van der Waals surface area contributed by atoms with Crippen LogP contribution in [0.1, 0.15) is 83.7 Å². The van der Waals surface area contributed by atoms with Crippen LogP contribution in [0.15, 0.2) is 0 Å². The van der Waals surface area contributed by atoms with Crippen LogP contribution in [-0.2, 0) is 28.5 Å². The third-order valence-corrected chi connectivity index (χ3v) is 7.33. The summed E-state index contributed by atoms with van der Waals surface area (Å²) in [7, 11) is 0. The molecular formula is C21H23ClF3N3O3S. The monoisotopic (exact) mass is 489 g/mol. The highest BCUT2D eigenvalue weighted by Crippen LogP contribution is 2.48. The summed E-state index contributed by atoms with van der Waals surface area (Å²) < 4.78 is 46.4. The number of fused-ring (bicyclic) bond motifs is 1. The summed E-state index contributed by atoms with van der Waals surface area (Å²) in [5, 5.41) is 6.34. The first-order chi connectivity index (χ1) is 15.1. The van der Waals surface area contributed by atoms with Gasteiger partial charge in [0.1, 0.15) is 11.0 Å². The van der Waals surface area contributed by atoms with Gasteiger partial charge in [0.15, 0.2) is 5.69 Å². The highest BCUT2D eigenvalue weighted by molar-refractivity contribution is 7.17. The number of thiophene rings is 1. The van der Waals surface area contributed by atoms with Crippen LogP contribution in [0.2, 0.25) is 5.02 Å². The van der Waals surface area contributed by atoms with Crippen molar-refractivity contribution in [1.29, 1.82) is 0 Å². The molecule has 2 aliphatic rings. The van der Waals surface area contributed by atoms with Gasteiger partial charge in [-0.05, 0) is 57.9 Å². The first-order valence-electron chi connectivity index (χ1n) is 10.6. The molecule has 0 bridgehead atoms. The van der Waals surface area contributed by atoms with Crippen molar-refractivity contribution in [3.8, 4) is 0 Å². The maximum atomic E-state index is 13.4. The summed E-state index contributed by atoms with van der Waals surface area (Å²) in [4.78, 5) is 26.7. The second-order valence-electron chi connectivity index (χ2n) is 8.07. The van der Waals surface area contributed by atoms with Crippen LogP contribution in [0.3, 0.4) is 0 Å². The molecule has 1 fully saturated rings. The van der Waals surface area contributed by atoms with Crippen LogP contribution in [0.4, 0.5) is 18.2 Å². The predicted octanol–water partition coefficient (Wildman–Crippen LogP) is 5.75. The van der Waals surface area contributed by atoms with Gasteiger partial charge in [0.05, 0.1) is 22.9 Å². The number of amides is 1. The molecule has 1 N–H and O–H groups in total. The van der Waals surface area contributed by atoms with E-state index in [-0.39, 0.29) is 18.2 Å². The maximum Gasteiger partial charge on any atom is 0.436 e. The SMILES string of the molecule is CCOC(=O)c1c(NC(=O)C(C)n2nc(C(F)(F)F)c(Cl)c2C2CC2)sc2c1CCCC2. The van der Waals surface area contributed by atoms with Gasteiger partial charge >= 0.3 is 12.1 Å². The number of hydrogen-bond acceptors (Lipinski definition) is 5. The van der Waals surface area contributed by atoms with Gasteiger partial charge in [0.2, 0.25) is 5.91 Å². The molecule has 0 radical (unpaired) electrons. The van der Waals surface area contributed by atoms with Gasteiger partial charge in [-0.1, -0.05) is 11.6 Å². The molecule has 11 heteroatoms. The number of halogens is 4. The summed E-state index contributed by atoms with van der Waals surface area (Å²) in [6.07, 6.45) is 0.150. The van der Waals surface area contributed by atoms with Crippen molar-refractivity contribution in [2.45, 2.75) is 70.5 Å². The van der Waals surface area contributed by atoms with Crippen LogP contribution < -0.4 is 5.32 Å². The number of hydrogen-bond donors (Lipinski definition) is 1. The zero-order valence-corrected chi connectivity index (χ0v) is 19.2. The Labute approximate surface area is 192 Å². The third-order valence-electron chi connectivity index (χ3n) is 5.75. The Hall–Kier alpha value is -2.07. The maximum absolute atomic E-state index is 13.4. The first-order valence-corrected chi connectivity index (χ1v) is 11.8. The molecule has 2 aromatic rings. The van der Waals surface area contributed by atoms with Crippen LogP contribution in [0, 0.1) is 0 Å². The smallest absolute Gasteiger partial charge is 0.436 e. The number of esters is 1. The predicted molar refractivity (Wildman–Crippen MR) is 114 cm³/mol. The van der Waals surface area contributed by atoms with Gasteiger partial charge < -0.3 is 10.1 Å². The van der Waals surface area contributed by atoms with E-state index in [1.54, 1.807) is 6.92 Å². The van der Waals surface area contributed by atoms with Gasteiger partial charge in [-0.3, -0.25) is 9.48 Å². The minimum atomic E-state index is -4.72. The first kappa shape index (κ1) is 23.1. The second kappa shape index (κ2) is 8.70. The van der Waals surface area contributed by atoms with Crippen molar-refractivity contribution in [1.82, 2.24) is 9.78 Å². The van der Waals surface area contributed by atoms with Crippen LogP contribution in [0.25, 0.3) is 0 Å². The van der Waals surface area contributed by atoms with E-state index in [0.717, 1.165) is 40.8 Å². The number of rotatable bonds is 6. The fourth-order valence-corrected chi connectivity index (χ4v) is 5.69. The zero-order chi connectivity index (χ0) is 23.2. The van der Waals surface area contributed by atoms with E-state index in [4.69, 9.17) is 16.3 Å². The lowest BCUT2D eigenvalue weighted by Crippen LogP contribution is -2.26. The molecule has 0 saturated heterocycles. The van der Waals surface area contributed by atoms with Crippen molar-refractivity contribution in [3.05, 3.63) is 32.4 Å². The summed E-state index contributed by atoms with van der Waals surface area (Å²) in [5.41, 5.74) is 0.295. The quantitative estimate of drug-likeness (QED) is 0.524. The number of ether oxygens (including phenoxy) is 1. The van der Waals surface area contributed by atoms with E-state index in [2.05, 4.69) is 10.4 Å². The molecule has 1 saturated carbocycles. The topological polar surface area (TPSA) is 73.2 Å². The number of nitrogens with one attached hydrogen (secondary N) is 1. The molecule has 1 unspecified atom stereocenters. The molecule has 32 heavy (non-hydrogen) atoms. The van der Waals surface area contributed by atoms with E-state index >= 15 is 0 Å². The van der Waals surface area contributed by atoms with E-state index in [0.29, 0.717) is 23.4 Å².